The second kappa shape index (κ2) is 7.25. The molecule has 2 N–H and O–H groups in total. The van der Waals surface area contributed by atoms with Crippen LogP contribution in [0.3, 0.4) is 0 Å². The van der Waals surface area contributed by atoms with Crippen molar-refractivity contribution in [1.82, 2.24) is 5.32 Å². The molecule has 0 aliphatic carbocycles. The Bertz CT molecular complexity index is 183. The first-order valence-corrected chi connectivity index (χ1v) is 6.67. The molecule has 1 heterocycles. The average Bonchev–Trinajstić information content (AvgIpc) is 2.17. The lowest BCUT2D eigenvalue weighted by molar-refractivity contribution is -0.00551. The normalized spacial score (nSPS) is 30.0. The highest BCUT2D eigenvalue weighted by Gasteiger charge is 2.23. The van der Waals surface area contributed by atoms with Gasteiger partial charge in [-0.2, -0.15) is 0 Å². The van der Waals surface area contributed by atoms with Gasteiger partial charge in [0.1, 0.15) is 0 Å². The highest BCUT2D eigenvalue weighted by molar-refractivity contribution is 4.79. The van der Waals surface area contributed by atoms with Crippen LogP contribution in [0.5, 0.6) is 0 Å². The fourth-order valence-electron chi connectivity index (χ4n) is 2.54. The summed E-state index contributed by atoms with van der Waals surface area (Å²) in [6.45, 7) is 7.08. The van der Waals surface area contributed by atoms with Gasteiger partial charge >= 0.3 is 0 Å². The van der Waals surface area contributed by atoms with Gasteiger partial charge in [0.2, 0.25) is 0 Å². The summed E-state index contributed by atoms with van der Waals surface area (Å²) < 4.78 is 5.72. The quantitative estimate of drug-likeness (QED) is 0.733. The van der Waals surface area contributed by atoms with E-state index in [-0.39, 0.29) is 6.10 Å². The lowest BCUT2D eigenvalue weighted by atomic mass is 9.99. The Labute approximate surface area is 99.6 Å². The second-order valence-electron chi connectivity index (χ2n) is 5.16. The maximum atomic E-state index is 9.32. The molecule has 16 heavy (non-hydrogen) atoms. The molecule has 4 atom stereocenters. The maximum absolute atomic E-state index is 9.32. The van der Waals surface area contributed by atoms with Gasteiger partial charge in [-0.05, 0) is 39.5 Å². The monoisotopic (exact) mass is 229 g/mol. The smallest absolute Gasteiger partial charge is 0.0589 e. The van der Waals surface area contributed by atoms with E-state index < -0.39 is 0 Å². The predicted molar refractivity (Wildman–Crippen MR) is 66.6 cm³/mol. The molecular weight excluding hydrogens is 202 g/mol. The molecule has 96 valence electrons. The van der Waals surface area contributed by atoms with Crippen molar-refractivity contribution in [2.45, 2.75) is 77.2 Å². The van der Waals surface area contributed by atoms with Gasteiger partial charge in [-0.15, -0.1) is 0 Å². The van der Waals surface area contributed by atoms with Crippen molar-refractivity contribution < 1.29 is 9.84 Å². The standard InChI is InChI=1S/C13H27NO2/c1-4-5-13-9-12(6-7-16-13)14-10(2)8-11(3)15/h10-15H,4-9H2,1-3H3. The highest BCUT2D eigenvalue weighted by atomic mass is 16.5. The summed E-state index contributed by atoms with van der Waals surface area (Å²) in [6.07, 6.45) is 5.64. The van der Waals surface area contributed by atoms with Gasteiger partial charge in [-0.25, -0.2) is 0 Å². The molecule has 0 aromatic heterocycles. The fraction of sp³-hybridized carbons (Fsp3) is 1.00. The van der Waals surface area contributed by atoms with Crippen LogP contribution in [0.1, 0.15) is 52.9 Å². The summed E-state index contributed by atoms with van der Waals surface area (Å²) in [7, 11) is 0. The van der Waals surface area contributed by atoms with E-state index in [0.29, 0.717) is 18.2 Å². The summed E-state index contributed by atoms with van der Waals surface area (Å²) in [5.41, 5.74) is 0. The van der Waals surface area contributed by atoms with E-state index >= 15 is 0 Å². The third kappa shape index (κ3) is 5.28. The molecular formula is C13H27NO2. The topological polar surface area (TPSA) is 41.5 Å². The third-order valence-electron chi connectivity index (χ3n) is 3.19. The average molecular weight is 229 g/mol. The summed E-state index contributed by atoms with van der Waals surface area (Å²) in [6, 6.07) is 0.962. The molecule has 1 saturated heterocycles. The maximum Gasteiger partial charge on any atom is 0.0589 e. The number of aliphatic hydroxyl groups excluding tert-OH is 1. The number of hydrogen-bond acceptors (Lipinski definition) is 3. The van der Waals surface area contributed by atoms with Crippen LogP contribution in [0.2, 0.25) is 0 Å². The van der Waals surface area contributed by atoms with Gasteiger partial charge < -0.3 is 15.2 Å². The highest BCUT2D eigenvalue weighted by Crippen LogP contribution is 2.18. The molecule has 4 unspecified atom stereocenters. The minimum atomic E-state index is -0.214. The van der Waals surface area contributed by atoms with Gasteiger partial charge in [0.05, 0.1) is 12.2 Å². The molecule has 0 saturated carbocycles. The Hall–Kier alpha value is -0.120. The van der Waals surface area contributed by atoms with Crippen molar-refractivity contribution in [3.8, 4) is 0 Å². The minimum absolute atomic E-state index is 0.214. The molecule has 3 nitrogen and oxygen atoms in total. The van der Waals surface area contributed by atoms with Crippen molar-refractivity contribution in [1.29, 1.82) is 0 Å². The van der Waals surface area contributed by atoms with Gasteiger partial charge in [-0.3, -0.25) is 0 Å². The minimum Gasteiger partial charge on any atom is -0.393 e. The van der Waals surface area contributed by atoms with E-state index in [4.69, 9.17) is 4.74 Å². The van der Waals surface area contributed by atoms with E-state index in [1.54, 1.807) is 0 Å². The SMILES string of the molecule is CCCC1CC(NC(C)CC(C)O)CCO1. The predicted octanol–water partition coefficient (Wildman–Crippen LogP) is 2.08. The molecule has 1 aliphatic heterocycles. The summed E-state index contributed by atoms with van der Waals surface area (Å²) in [5, 5.41) is 12.9. The third-order valence-corrected chi connectivity index (χ3v) is 3.19. The van der Waals surface area contributed by atoms with Crippen molar-refractivity contribution in [2.75, 3.05) is 6.61 Å². The first-order valence-electron chi connectivity index (χ1n) is 6.67. The molecule has 1 rings (SSSR count). The number of aliphatic hydroxyl groups is 1. The number of ether oxygens (including phenoxy) is 1. The lowest BCUT2D eigenvalue weighted by Crippen LogP contribution is -2.43. The Morgan fingerprint density at radius 1 is 1.44 bits per heavy atom. The first-order chi connectivity index (χ1) is 7.61. The molecule has 0 bridgehead atoms. The van der Waals surface area contributed by atoms with Crippen LogP contribution in [0.4, 0.5) is 0 Å². The number of hydrogen-bond donors (Lipinski definition) is 2. The zero-order valence-corrected chi connectivity index (χ0v) is 10.9. The van der Waals surface area contributed by atoms with E-state index in [1.165, 1.54) is 12.8 Å². The summed E-state index contributed by atoms with van der Waals surface area (Å²) >= 11 is 0. The van der Waals surface area contributed by atoms with Crippen LogP contribution in [0, 0.1) is 0 Å². The molecule has 0 aromatic carbocycles. The van der Waals surface area contributed by atoms with E-state index in [2.05, 4.69) is 19.2 Å². The van der Waals surface area contributed by atoms with Crippen LogP contribution in [-0.4, -0.2) is 36.0 Å². The number of rotatable bonds is 6. The molecule has 0 amide bonds. The Balaban J connectivity index is 2.25. The largest absolute Gasteiger partial charge is 0.393 e. The van der Waals surface area contributed by atoms with Crippen LogP contribution in [0.15, 0.2) is 0 Å². The Morgan fingerprint density at radius 3 is 2.81 bits per heavy atom. The lowest BCUT2D eigenvalue weighted by Gasteiger charge is -2.32. The van der Waals surface area contributed by atoms with E-state index in [1.807, 2.05) is 6.92 Å². The molecule has 0 aromatic rings. The Morgan fingerprint density at radius 2 is 2.19 bits per heavy atom. The summed E-state index contributed by atoms with van der Waals surface area (Å²) in [5.74, 6) is 0. The zero-order chi connectivity index (χ0) is 12.0. The zero-order valence-electron chi connectivity index (χ0n) is 10.9. The molecule has 0 spiro atoms. The fourth-order valence-corrected chi connectivity index (χ4v) is 2.54. The van der Waals surface area contributed by atoms with Crippen molar-refractivity contribution in [3.63, 3.8) is 0 Å². The molecule has 1 fully saturated rings. The van der Waals surface area contributed by atoms with E-state index in [0.717, 1.165) is 25.9 Å². The van der Waals surface area contributed by atoms with Gasteiger partial charge in [0.25, 0.3) is 0 Å². The summed E-state index contributed by atoms with van der Waals surface area (Å²) in [4.78, 5) is 0. The molecule has 1 aliphatic rings. The van der Waals surface area contributed by atoms with Crippen LogP contribution in [-0.2, 0) is 4.74 Å². The van der Waals surface area contributed by atoms with Crippen LogP contribution >= 0.6 is 0 Å². The van der Waals surface area contributed by atoms with Gasteiger partial charge in [-0.1, -0.05) is 13.3 Å². The second-order valence-corrected chi connectivity index (χ2v) is 5.16. The van der Waals surface area contributed by atoms with Crippen LogP contribution < -0.4 is 5.32 Å². The van der Waals surface area contributed by atoms with Crippen molar-refractivity contribution in [3.05, 3.63) is 0 Å². The van der Waals surface area contributed by atoms with E-state index in [9.17, 15) is 5.11 Å². The number of nitrogens with one attached hydrogen (secondary N) is 1. The van der Waals surface area contributed by atoms with Gasteiger partial charge in [0.15, 0.2) is 0 Å². The molecule has 3 heteroatoms. The van der Waals surface area contributed by atoms with Crippen LogP contribution in [0.25, 0.3) is 0 Å². The van der Waals surface area contributed by atoms with Gasteiger partial charge in [0, 0.05) is 18.7 Å². The van der Waals surface area contributed by atoms with Crippen molar-refractivity contribution >= 4 is 0 Å². The first kappa shape index (κ1) is 13.9. The Kier molecular flexibility index (Phi) is 6.32. The van der Waals surface area contributed by atoms with Crippen molar-refractivity contribution in [2.24, 2.45) is 0 Å². The molecule has 0 radical (unpaired) electrons.